The van der Waals surface area contributed by atoms with E-state index in [1.807, 2.05) is 18.2 Å². The number of fused-ring (bicyclic) bond motifs is 2. The van der Waals surface area contributed by atoms with Crippen LogP contribution >= 0.6 is 11.8 Å². The van der Waals surface area contributed by atoms with Crippen molar-refractivity contribution in [1.29, 1.82) is 0 Å². The first-order valence-electron chi connectivity index (χ1n) is 26.1. The number of ether oxygens (including phenoxy) is 1. The Hall–Kier alpha value is -8.74. The van der Waals surface area contributed by atoms with Gasteiger partial charge in [0.25, 0.3) is 5.91 Å². The molecular weight excluding hydrogens is 1080 g/mol. The second-order valence-corrected chi connectivity index (χ2v) is 20.8. The molecule has 6 aromatic rings. The summed E-state index contributed by atoms with van der Waals surface area (Å²) in [6.07, 6.45) is -2.24. The number of aromatic amines is 2. The Morgan fingerprint density at radius 2 is 1.44 bits per heavy atom. The zero-order valence-corrected chi connectivity index (χ0v) is 45.0. The zero-order valence-electron chi connectivity index (χ0n) is 44.2. The number of aliphatic hydroxyl groups excluding tert-OH is 4. The Bertz CT molecular complexity index is 3260. The van der Waals surface area contributed by atoms with Crippen LogP contribution < -0.4 is 49.1 Å². The normalized spacial score (nSPS) is 25.4. The van der Waals surface area contributed by atoms with Crippen LogP contribution in [0.5, 0.6) is 0 Å². The highest BCUT2D eigenvalue weighted by atomic mass is 32.2. The highest BCUT2D eigenvalue weighted by Gasteiger charge is 2.45. The third kappa shape index (κ3) is 14.8. The molecule has 0 aliphatic carbocycles. The topological polar surface area (TPSA) is 447 Å². The van der Waals surface area contributed by atoms with E-state index in [-0.39, 0.29) is 72.1 Å². The van der Waals surface area contributed by atoms with Gasteiger partial charge in [-0.2, -0.15) is 0 Å². The third-order valence-electron chi connectivity index (χ3n) is 13.8. The molecule has 0 radical (unpaired) electrons. The summed E-state index contributed by atoms with van der Waals surface area (Å²) >= 11 is 0.930. The molecule has 8 rings (SSSR count). The lowest BCUT2D eigenvalue weighted by Gasteiger charge is -2.39. The number of hydrogen-bond donors (Lipinski definition) is 15. The summed E-state index contributed by atoms with van der Waals surface area (Å²) in [4.78, 5) is 115. The van der Waals surface area contributed by atoms with Crippen molar-refractivity contribution in [2.45, 2.75) is 111 Å². The minimum Gasteiger partial charge on any atom is -0.394 e. The van der Waals surface area contributed by atoms with Gasteiger partial charge >= 0.3 is 0 Å². The molecule has 7 amide bonds. The minimum absolute atomic E-state index is 0.0504. The van der Waals surface area contributed by atoms with Gasteiger partial charge in [0.1, 0.15) is 66.4 Å². The number of carbonyl (C=O) groups is 7. The van der Waals surface area contributed by atoms with Crippen LogP contribution in [0.15, 0.2) is 108 Å². The quantitative estimate of drug-likeness (QED) is 0.0294. The molecule has 28 nitrogen and oxygen atoms in total. The number of benzene rings is 3. The fourth-order valence-corrected chi connectivity index (χ4v) is 10.4. The van der Waals surface area contributed by atoms with Gasteiger partial charge in [0.2, 0.25) is 35.4 Å². The number of H-pyrrole nitrogens is 2. The number of para-hydroxylation sites is 1. The first-order valence-corrected chi connectivity index (χ1v) is 27.1. The second-order valence-electron chi connectivity index (χ2n) is 19.7. The fraction of sp³-hybridized carbons (Fsp3) is 0.377. The maximum absolute atomic E-state index is 14.7. The number of nitrogens with zero attached hydrogens (tertiary/aromatic N) is 5. The third-order valence-corrected chi connectivity index (χ3v) is 15.0. The Kier molecular flexibility index (Phi) is 19.7. The number of nitrogens with two attached hydrogens (primary N) is 3. The van der Waals surface area contributed by atoms with E-state index >= 15 is 0 Å². The molecule has 1 saturated heterocycles. The number of carbonyl (C=O) groups excluding carboxylic acids is 7. The number of aromatic nitrogens is 6. The van der Waals surface area contributed by atoms with Gasteiger partial charge in [-0.15, -0.1) is 16.9 Å². The van der Waals surface area contributed by atoms with E-state index in [1.165, 1.54) is 37.8 Å². The van der Waals surface area contributed by atoms with Gasteiger partial charge in [0, 0.05) is 71.0 Å². The molecule has 0 bridgehead atoms. The SMILES string of the molecule is C[C@@H]1NC(=O)c2cc(-c3cn([C@@H]4O[C@H](CO)[C@@H](O)[C@H](O)[C@H]4O)nn3)ccc2SC[C@@H](C(N)=O)NC(=O)[C@H](Cc2c[nH]c3ccccc23)NC(=O)[C@H](CCCN=C(N)N)NC(=O)[C@@H](Cc2ccccc2)NC(=O)[C@H](Cc2cnc[nH]2)NC1=O. The standard InChI is InChI=1S/C53H64N16O12S/c1-26-46(75)63-37(19-30-21-57-25-60-30)51(80)64-35(16-27-8-3-2-4-9-27)49(78)62-34(12-7-15-58-53(55)56)48(77)65-36(18-29-20-59-33-11-6-5-10-31(29)33)50(79)66-39(45(54)74)24-82-41-14-13-28(17-32(41)47(76)61-26)38-22-69(68-67-38)52-44(73)43(72)42(71)40(23-70)81-52/h2-6,8-11,13-14,17,20-22,25-26,34-37,39-40,42-44,52,59,70-73H,7,12,15-16,18-19,23-24H2,1H3,(H2,54,74)(H,57,60)(H,61,76)(H,62,78)(H,63,75)(H,64,80)(H,65,77)(H,66,79)(H4,55,56,58)/t26-,34-,35+,36-,37-,39-,40+,42+,43-,44+,52+/m0/s1. The average Bonchev–Trinajstić information content (AvgIpc) is 4.29. The number of aliphatic imine (C=N–C) groups is 1. The van der Waals surface area contributed by atoms with Crippen LogP contribution in [0.4, 0.5) is 0 Å². The summed E-state index contributed by atoms with van der Waals surface area (Å²) in [7, 11) is 0. The van der Waals surface area contributed by atoms with Crippen molar-refractivity contribution < 1.29 is 58.7 Å². The molecule has 18 N–H and O–H groups in total. The maximum atomic E-state index is 14.7. The van der Waals surface area contributed by atoms with Gasteiger partial charge in [-0.25, -0.2) is 9.67 Å². The molecular formula is C53H64N16O12S. The van der Waals surface area contributed by atoms with E-state index in [0.717, 1.165) is 27.3 Å². The Morgan fingerprint density at radius 3 is 2.15 bits per heavy atom. The molecule has 11 atom stereocenters. The van der Waals surface area contributed by atoms with Gasteiger partial charge in [-0.05, 0) is 49.1 Å². The number of aliphatic hydroxyl groups is 4. The first kappa shape index (κ1) is 59.4. The molecule has 2 aliphatic heterocycles. The van der Waals surface area contributed by atoms with Gasteiger partial charge in [-0.3, -0.25) is 38.6 Å². The summed E-state index contributed by atoms with van der Waals surface area (Å²) < 4.78 is 6.70. The van der Waals surface area contributed by atoms with Crippen LogP contribution in [-0.2, 0) is 52.8 Å². The van der Waals surface area contributed by atoms with Crippen LogP contribution in [0.2, 0.25) is 0 Å². The van der Waals surface area contributed by atoms with Crippen molar-refractivity contribution >= 4 is 70.0 Å². The number of guanidine groups is 1. The zero-order chi connectivity index (χ0) is 58.6. The van der Waals surface area contributed by atoms with E-state index in [1.54, 1.807) is 48.7 Å². The number of rotatable bonds is 14. The summed E-state index contributed by atoms with van der Waals surface area (Å²) in [5.74, 6) is -6.44. The van der Waals surface area contributed by atoms with E-state index in [4.69, 9.17) is 21.9 Å². The van der Waals surface area contributed by atoms with Crippen molar-refractivity contribution in [3.05, 3.63) is 120 Å². The van der Waals surface area contributed by atoms with Gasteiger partial charge in [-0.1, -0.05) is 59.8 Å². The molecule has 2 aliphatic rings. The predicted octanol–water partition coefficient (Wildman–Crippen LogP) is -2.96. The highest BCUT2D eigenvalue weighted by molar-refractivity contribution is 7.99. The molecule has 0 saturated carbocycles. The van der Waals surface area contributed by atoms with E-state index in [2.05, 4.69) is 62.2 Å². The van der Waals surface area contributed by atoms with E-state index < -0.39 is 115 Å². The largest absolute Gasteiger partial charge is 0.394 e. The molecule has 5 heterocycles. The monoisotopic (exact) mass is 1150 g/mol. The fourth-order valence-electron chi connectivity index (χ4n) is 9.31. The summed E-state index contributed by atoms with van der Waals surface area (Å²) in [5, 5.41) is 66.7. The van der Waals surface area contributed by atoms with Crippen LogP contribution in [0.3, 0.4) is 0 Å². The Morgan fingerprint density at radius 1 is 0.768 bits per heavy atom. The van der Waals surface area contributed by atoms with Crippen LogP contribution in [0.1, 0.15) is 53.2 Å². The predicted molar refractivity (Wildman–Crippen MR) is 295 cm³/mol. The molecule has 82 heavy (non-hydrogen) atoms. The first-order chi connectivity index (χ1) is 39.4. The van der Waals surface area contributed by atoms with Crippen LogP contribution in [0.25, 0.3) is 22.2 Å². The number of hydrogen-bond acceptors (Lipinski definition) is 17. The number of imidazole rings is 1. The van der Waals surface area contributed by atoms with Crippen molar-refractivity contribution in [2.75, 3.05) is 18.9 Å². The van der Waals surface area contributed by atoms with Gasteiger partial charge < -0.3 is 84.2 Å². The van der Waals surface area contributed by atoms with Crippen molar-refractivity contribution in [1.82, 2.24) is 61.8 Å². The van der Waals surface area contributed by atoms with Crippen LogP contribution in [0, 0.1) is 0 Å². The Balaban J connectivity index is 1.18. The number of primary amides is 1. The molecule has 3 aromatic heterocycles. The van der Waals surface area contributed by atoms with Gasteiger partial charge in [0.15, 0.2) is 12.2 Å². The van der Waals surface area contributed by atoms with E-state index in [0.29, 0.717) is 16.8 Å². The lowest BCUT2D eigenvalue weighted by molar-refractivity contribution is -0.254. The molecule has 0 unspecified atom stereocenters. The van der Waals surface area contributed by atoms with Crippen LogP contribution in [-0.4, -0.2) is 177 Å². The lowest BCUT2D eigenvalue weighted by atomic mass is 9.98. The second kappa shape index (κ2) is 27.1. The van der Waals surface area contributed by atoms with Crippen molar-refractivity contribution in [2.24, 2.45) is 22.2 Å². The molecule has 1 fully saturated rings. The molecule has 434 valence electrons. The van der Waals surface area contributed by atoms with Crippen molar-refractivity contribution in [3.8, 4) is 11.3 Å². The highest BCUT2D eigenvalue weighted by Crippen LogP contribution is 2.32. The molecule has 3 aromatic carbocycles. The molecule has 0 spiro atoms. The summed E-state index contributed by atoms with van der Waals surface area (Å²) in [6, 6.07) is 12.0. The Labute approximate surface area is 472 Å². The number of nitrogens with one attached hydrogen (secondary N) is 8. The summed E-state index contributed by atoms with van der Waals surface area (Å²) in [5.41, 5.74) is 19.8. The smallest absolute Gasteiger partial charge is 0.253 e. The average molecular weight is 1150 g/mol. The number of amides is 7. The maximum Gasteiger partial charge on any atom is 0.253 e. The lowest BCUT2D eigenvalue weighted by Crippen LogP contribution is -2.60. The minimum atomic E-state index is -1.72. The summed E-state index contributed by atoms with van der Waals surface area (Å²) in [6.45, 7) is 0.722. The molecule has 29 heteroatoms. The van der Waals surface area contributed by atoms with Crippen molar-refractivity contribution in [3.63, 3.8) is 0 Å². The number of thioether (sulfide) groups is 1. The van der Waals surface area contributed by atoms with E-state index in [9.17, 15) is 54.0 Å². The van der Waals surface area contributed by atoms with Gasteiger partial charge in [0.05, 0.1) is 24.7 Å².